The maximum Gasteiger partial charge on any atom is 0.324 e. The van der Waals surface area contributed by atoms with Crippen LogP contribution in [-0.2, 0) is 20.9 Å². The Labute approximate surface area is 160 Å². The summed E-state index contributed by atoms with van der Waals surface area (Å²) >= 11 is 0. The maximum absolute atomic E-state index is 11.5. The molecule has 0 amide bonds. The maximum atomic E-state index is 11.5. The minimum atomic E-state index is -1.30. The van der Waals surface area contributed by atoms with E-state index in [4.69, 9.17) is 5.11 Å². The normalized spacial score (nSPS) is 11.4. The third-order valence-corrected chi connectivity index (χ3v) is 3.40. The smallest absolute Gasteiger partial charge is 0.324 e. The highest BCUT2D eigenvalue weighted by atomic mass is 79.9. The molecule has 0 unspecified atom stereocenters. The highest BCUT2D eigenvalue weighted by Gasteiger charge is 2.20. The fraction of sp³-hybridized carbons (Fsp3) is 0.286. The number of aliphatic carboxylic acids is 1. The monoisotopic (exact) mass is 446 g/mol. The van der Waals surface area contributed by atoms with Crippen molar-refractivity contribution < 1.29 is 24.4 Å². The number of nitrogens with zero attached hydrogens (tertiary/aromatic N) is 1. The van der Waals surface area contributed by atoms with Crippen molar-refractivity contribution in [3.8, 4) is 0 Å². The van der Waals surface area contributed by atoms with Crippen molar-refractivity contribution in [3.63, 3.8) is 0 Å². The van der Waals surface area contributed by atoms with Gasteiger partial charge in [-0.2, -0.15) is 0 Å². The number of rotatable bonds is 7. The molecule has 0 radical (unpaired) electrons. The Morgan fingerprint density at radius 2 is 1.93 bits per heavy atom. The summed E-state index contributed by atoms with van der Waals surface area (Å²) < 4.78 is 4.64. The van der Waals surface area contributed by atoms with Crippen molar-refractivity contribution in [1.82, 2.24) is 15.3 Å². The van der Waals surface area contributed by atoms with Crippen molar-refractivity contribution in [3.05, 3.63) is 48.5 Å². The lowest BCUT2D eigenvalue weighted by molar-refractivity contribution is -0.384. The molecule has 1 aromatic heterocycles. The highest BCUT2D eigenvalue weighted by molar-refractivity contribution is 8.93. The van der Waals surface area contributed by atoms with E-state index in [0.717, 1.165) is 19.1 Å². The van der Waals surface area contributed by atoms with E-state index in [1.165, 1.54) is 0 Å². The molecule has 2 aromatic rings. The van der Waals surface area contributed by atoms with E-state index in [1.807, 2.05) is 0 Å². The standard InChI is InChI=1S/C14H14N4O8.BrH/c1-6(19)26-5-10(14(22)23)15-4-7-2-8(18(24)25)3-9-11(7)17-13(21)12(20)16-9;/h2-3,10,15H,4-5H2,1H3,(H,16,20)(H,17,21)(H,22,23);1H/t10-;/m0./s1. The average Bonchev–Trinajstić information content (AvgIpc) is 2.55. The number of hydrogen-bond acceptors (Lipinski definition) is 8. The van der Waals surface area contributed by atoms with E-state index in [2.05, 4.69) is 20.0 Å². The molecule has 0 aliphatic heterocycles. The SMILES string of the molecule is Br.CC(=O)OC[C@H](NCc1cc([N+](=O)[O-])cc2[nH]c(=O)c(=O)[nH]c12)C(=O)O. The summed E-state index contributed by atoms with van der Waals surface area (Å²) in [4.78, 5) is 59.8. The van der Waals surface area contributed by atoms with E-state index in [1.54, 1.807) is 0 Å². The van der Waals surface area contributed by atoms with Crippen molar-refractivity contribution in [2.75, 3.05) is 6.61 Å². The first kappa shape index (κ1) is 22.0. The lowest BCUT2D eigenvalue weighted by Crippen LogP contribution is -2.40. The summed E-state index contributed by atoms with van der Waals surface area (Å²) in [5, 5.41) is 22.7. The van der Waals surface area contributed by atoms with Crippen LogP contribution in [0.25, 0.3) is 11.0 Å². The van der Waals surface area contributed by atoms with Crippen molar-refractivity contribution in [2.45, 2.75) is 19.5 Å². The number of hydrogen-bond donors (Lipinski definition) is 4. The Kier molecular flexibility index (Phi) is 7.36. The molecule has 0 aliphatic rings. The number of carbonyl (C=O) groups excluding carboxylic acids is 1. The van der Waals surface area contributed by atoms with Gasteiger partial charge in [0, 0.05) is 25.6 Å². The number of fused-ring (bicyclic) bond motifs is 1. The number of non-ortho nitro benzene ring substituents is 1. The van der Waals surface area contributed by atoms with Crippen LogP contribution in [0.15, 0.2) is 21.7 Å². The molecule has 12 nitrogen and oxygen atoms in total. The van der Waals surface area contributed by atoms with Gasteiger partial charge in [0.15, 0.2) is 0 Å². The van der Waals surface area contributed by atoms with Gasteiger partial charge in [-0.3, -0.25) is 34.6 Å². The first-order chi connectivity index (χ1) is 12.2. The van der Waals surface area contributed by atoms with Crippen LogP contribution in [-0.4, -0.2) is 44.6 Å². The van der Waals surface area contributed by atoms with Gasteiger partial charge in [0.25, 0.3) is 5.69 Å². The largest absolute Gasteiger partial charge is 0.480 e. The second-order valence-electron chi connectivity index (χ2n) is 5.27. The minimum Gasteiger partial charge on any atom is -0.480 e. The predicted octanol–water partition coefficient (Wildman–Crippen LogP) is -0.192. The summed E-state index contributed by atoms with van der Waals surface area (Å²) in [6, 6.07) is 0.931. The minimum absolute atomic E-state index is 0. The molecule has 146 valence electrons. The number of H-pyrrole nitrogens is 2. The van der Waals surface area contributed by atoms with Gasteiger partial charge in [0.1, 0.15) is 12.6 Å². The van der Waals surface area contributed by atoms with Gasteiger partial charge in [-0.15, -0.1) is 17.0 Å². The summed E-state index contributed by atoms with van der Waals surface area (Å²) in [5.41, 5.74) is -1.98. The quantitative estimate of drug-likeness (QED) is 0.193. The molecule has 13 heteroatoms. The molecular weight excluding hydrogens is 432 g/mol. The fourth-order valence-corrected chi connectivity index (χ4v) is 2.18. The van der Waals surface area contributed by atoms with Gasteiger partial charge in [0.05, 0.1) is 16.0 Å². The number of ether oxygens (including phenoxy) is 1. The Bertz CT molecular complexity index is 999. The van der Waals surface area contributed by atoms with Crippen LogP contribution in [0.4, 0.5) is 5.69 Å². The zero-order valence-electron chi connectivity index (χ0n) is 13.8. The topological polar surface area (TPSA) is 184 Å². The van der Waals surface area contributed by atoms with Gasteiger partial charge >= 0.3 is 23.1 Å². The third-order valence-electron chi connectivity index (χ3n) is 3.40. The van der Waals surface area contributed by atoms with Crippen LogP contribution in [0.1, 0.15) is 12.5 Å². The van der Waals surface area contributed by atoms with Gasteiger partial charge in [0.2, 0.25) is 0 Å². The number of carbonyl (C=O) groups is 2. The molecule has 0 bridgehead atoms. The molecular formula is C14H15BrN4O8. The molecule has 0 saturated carbocycles. The van der Waals surface area contributed by atoms with E-state index < -0.39 is 40.6 Å². The Hall–Kier alpha value is -3.06. The van der Waals surface area contributed by atoms with E-state index in [0.29, 0.717) is 0 Å². The van der Waals surface area contributed by atoms with Gasteiger partial charge in [-0.05, 0) is 5.56 Å². The van der Waals surface area contributed by atoms with Crippen LogP contribution in [0.5, 0.6) is 0 Å². The van der Waals surface area contributed by atoms with E-state index >= 15 is 0 Å². The number of halogens is 1. The summed E-state index contributed by atoms with van der Waals surface area (Å²) in [6.45, 7) is 0.456. The molecule has 1 heterocycles. The lowest BCUT2D eigenvalue weighted by atomic mass is 10.1. The fourth-order valence-electron chi connectivity index (χ4n) is 2.18. The van der Waals surface area contributed by atoms with Crippen LogP contribution in [0.2, 0.25) is 0 Å². The van der Waals surface area contributed by atoms with E-state index in [-0.39, 0.29) is 45.8 Å². The second kappa shape index (κ2) is 9.05. The first-order valence-corrected chi connectivity index (χ1v) is 7.22. The number of esters is 1. The summed E-state index contributed by atoms with van der Waals surface area (Å²) in [7, 11) is 0. The van der Waals surface area contributed by atoms with Crippen LogP contribution in [0.3, 0.4) is 0 Å². The Morgan fingerprint density at radius 1 is 1.30 bits per heavy atom. The number of aromatic amines is 2. The molecule has 0 saturated heterocycles. The second-order valence-corrected chi connectivity index (χ2v) is 5.27. The summed E-state index contributed by atoms with van der Waals surface area (Å²) in [5.74, 6) is -1.97. The lowest BCUT2D eigenvalue weighted by Gasteiger charge is -2.15. The van der Waals surface area contributed by atoms with Gasteiger partial charge < -0.3 is 19.8 Å². The zero-order valence-corrected chi connectivity index (χ0v) is 15.5. The molecule has 0 aliphatic carbocycles. The van der Waals surface area contributed by atoms with E-state index in [9.17, 15) is 29.3 Å². The average molecular weight is 447 g/mol. The highest BCUT2D eigenvalue weighted by Crippen LogP contribution is 2.21. The number of carboxylic acid groups (broad SMARTS) is 1. The molecule has 1 aromatic carbocycles. The van der Waals surface area contributed by atoms with Crippen LogP contribution < -0.4 is 16.4 Å². The number of nitrogens with one attached hydrogen (secondary N) is 3. The van der Waals surface area contributed by atoms with Crippen molar-refractivity contribution in [1.29, 1.82) is 0 Å². The number of nitro benzene ring substituents is 1. The number of benzene rings is 1. The van der Waals surface area contributed by atoms with Gasteiger partial charge in [-0.1, -0.05) is 0 Å². The number of nitro groups is 1. The number of carboxylic acids is 1. The molecule has 27 heavy (non-hydrogen) atoms. The van der Waals surface area contributed by atoms with Crippen LogP contribution in [0, 0.1) is 10.1 Å². The first-order valence-electron chi connectivity index (χ1n) is 7.22. The molecule has 2 rings (SSSR count). The van der Waals surface area contributed by atoms with Crippen molar-refractivity contribution in [2.24, 2.45) is 0 Å². The predicted molar refractivity (Wildman–Crippen MR) is 97.1 cm³/mol. The third kappa shape index (κ3) is 5.46. The molecule has 4 N–H and O–H groups in total. The van der Waals surface area contributed by atoms with Gasteiger partial charge in [-0.25, -0.2) is 0 Å². The van der Waals surface area contributed by atoms with Crippen LogP contribution >= 0.6 is 17.0 Å². The zero-order chi connectivity index (χ0) is 19.4. The molecule has 0 fully saturated rings. The Balaban J connectivity index is 0.00000364. The Morgan fingerprint density at radius 3 is 2.48 bits per heavy atom. The summed E-state index contributed by atoms with van der Waals surface area (Å²) in [6.07, 6.45) is 0. The molecule has 0 spiro atoms. The van der Waals surface area contributed by atoms with Crippen molar-refractivity contribution >= 4 is 45.6 Å². The molecule has 1 atom stereocenters. The number of aromatic nitrogens is 2.